The van der Waals surface area contributed by atoms with Crippen molar-refractivity contribution in [3.05, 3.63) is 35.9 Å². The van der Waals surface area contributed by atoms with E-state index in [2.05, 4.69) is 0 Å². The van der Waals surface area contributed by atoms with Crippen molar-refractivity contribution in [2.45, 2.75) is 5.75 Å². The van der Waals surface area contributed by atoms with Gasteiger partial charge in [0, 0.05) is 33.3 Å². The molecule has 2 rings (SSSR count). The molecule has 1 fully saturated rings. The number of hydrogen-bond donors (Lipinski definition) is 0. The molecule has 9 heteroatoms. The summed E-state index contributed by atoms with van der Waals surface area (Å²) in [6.45, 7) is 0.859. The van der Waals surface area contributed by atoms with Crippen LogP contribution >= 0.6 is 0 Å². The van der Waals surface area contributed by atoms with Crippen molar-refractivity contribution in [3.63, 3.8) is 0 Å². The molecular weight excluding hydrogens is 340 g/mol. The van der Waals surface area contributed by atoms with Crippen LogP contribution in [0.5, 0.6) is 0 Å². The zero-order valence-electron chi connectivity index (χ0n) is 13.1. The second-order valence-corrected chi connectivity index (χ2v) is 9.41. The highest BCUT2D eigenvalue weighted by Crippen LogP contribution is 2.15. The number of rotatable bonds is 7. The summed E-state index contributed by atoms with van der Waals surface area (Å²) in [5, 5.41) is 0. The van der Waals surface area contributed by atoms with Crippen molar-refractivity contribution in [3.8, 4) is 0 Å². The van der Waals surface area contributed by atoms with E-state index in [-0.39, 0.29) is 44.3 Å². The molecule has 0 bridgehead atoms. The van der Waals surface area contributed by atoms with Crippen LogP contribution < -0.4 is 0 Å². The maximum Gasteiger partial charge on any atom is 0.218 e. The summed E-state index contributed by atoms with van der Waals surface area (Å²) >= 11 is 0. The lowest BCUT2D eigenvalue weighted by Gasteiger charge is -2.33. The quantitative estimate of drug-likeness (QED) is 0.687. The third-order valence-electron chi connectivity index (χ3n) is 3.72. The molecule has 130 valence electrons. The van der Waals surface area contributed by atoms with Crippen molar-refractivity contribution in [1.29, 1.82) is 0 Å². The van der Waals surface area contributed by atoms with Crippen LogP contribution in [0, 0.1) is 0 Å². The van der Waals surface area contributed by atoms with Gasteiger partial charge in [-0.05, 0) is 5.56 Å². The summed E-state index contributed by atoms with van der Waals surface area (Å²) < 4.78 is 56.5. The predicted molar refractivity (Wildman–Crippen MR) is 87.9 cm³/mol. The lowest BCUT2D eigenvalue weighted by Crippen LogP contribution is -2.51. The van der Waals surface area contributed by atoms with Gasteiger partial charge >= 0.3 is 0 Å². The maximum absolute atomic E-state index is 12.4. The number of hydrogen-bond acceptors (Lipinski definition) is 5. The highest BCUT2D eigenvalue weighted by molar-refractivity contribution is 7.89. The van der Waals surface area contributed by atoms with Crippen LogP contribution in [0.1, 0.15) is 5.56 Å². The van der Waals surface area contributed by atoms with E-state index in [9.17, 15) is 16.8 Å². The Bertz CT molecular complexity index is 696. The Morgan fingerprint density at radius 2 is 1.43 bits per heavy atom. The molecule has 0 aromatic heterocycles. The first-order valence-corrected chi connectivity index (χ1v) is 10.6. The van der Waals surface area contributed by atoms with Gasteiger partial charge in [-0.25, -0.2) is 16.8 Å². The monoisotopic (exact) mass is 362 g/mol. The van der Waals surface area contributed by atoms with Crippen LogP contribution in [-0.4, -0.2) is 71.1 Å². The third kappa shape index (κ3) is 4.98. The number of nitrogens with zero attached hydrogens (tertiary/aromatic N) is 2. The Labute approximate surface area is 137 Å². The summed E-state index contributed by atoms with van der Waals surface area (Å²) in [6.07, 6.45) is 0. The topological polar surface area (TPSA) is 84.0 Å². The molecule has 1 aliphatic heterocycles. The summed E-state index contributed by atoms with van der Waals surface area (Å²) in [5.41, 5.74) is 0.725. The highest BCUT2D eigenvalue weighted by atomic mass is 32.2. The van der Waals surface area contributed by atoms with Gasteiger partial charge < -0.3 is 4.74 Å². The van der Waals surface area contributed by atoms with Crippen molar-refractivity contribution in [2.75, 3.05) is 45.6 Å². The van der Waals surface area contributed by atoms with E-state index in [1.54, 1.807) is 24.3 Å². The molecule has 1 heterocycles. The van der Waals surface area contributed by atoms with Gasteiger partial charge in [-0.2, -0.15) is 8.61 Å². The second kappa shape index (κ2) is 7.71. The molecule has 1 aromatic rings. The van der Waals surface area contributed by atoms with E-state index in [0.717, 1.165) is 5.56 Å². The molecule has 0 spiro atoms. The summed E-state index contributed by atoms with van der Waals surface area (Å²) in [6, 6.07) is 8.96. The van der Waals surface area contributed by atoms with Crippen LogP contribution in [0.25, 0.3) is 0 Å². The fourth-order valence-corrected chi connectivity index (χ4v) is 5.29. The van der Waals surface area contributed by atoms with Gasteiger partial charge in [0.05, 0.1) is 18.1 Å². The third-order valence-corrected chi connectivity index (χ3v) is 7.41. The maximum atomic E-state index is 12.4. The SMILES string of the molecule is COCCS(=O)(=O)N1CCN(S(=O)(=O)Cc2ccccc2)CC1. The number of methoxy groups -OCH3 is 1. The van der Waals surface area contributed by atoms with Gasteiger partial charge in [-0.3, -0.25) is 0 Å². The zero-order chi connectivity index (χ0) is 16.9. The molecule has 0 atom stereocenters. The summed E-state index contributed by atoms with van der Waals surface area (Å²) in [5.74, 6) is -0.148. The van der Waals surface area contributed by atoms with Gasteiger partial charge in [0.15, 0.2) is 0 Å². The van der Waals surface area contributed by atoms with Gasteiger partial charge in [-0.1, -0.05) is 30.3 Å². The molecule has 0 aliphatic carbocycles. The fraction of sp³-hybridized carbons (Fsp3) is 0.571. The van der Waals surface area contributed by atoms with E-state index in [1.807, 2.05) is 6.07 Å². The number of piperazine rings is 1. The van der Waals surface area contributed by atoms with Crippen molar-refractivity contribution in [1.82, 2.24) is 8.61 Å². The smallest absolute Gasteiger partial charge is 0.218 e. The average molecular weight is 362 g/mol. The minimum Gasteiger partial charge on any atom is -0.384 e. The zero-order valence-corrected chi connectivity index (χ0v) is 14.7. The molecule has 23 heavy (non-hydrogen) atoms. The standard InChI is InChI=1S/C14H22N2O5S2/c1-21-11-12-22(17,18)15-7-9-16(10-8-15)23(19,20)13-14-5-3-2-4-6-14/h2-6H,7-13H2,1H3. The first-order valence-electron chi connectivity index (χ1n) is 7.34. The molecule has 0 amide bonds. The van der Waals surface area contributed by atoms with Crippen LogP contribution in [0.15, 0.2) is 30.3 Å². The molecule has 1 aliphatic rings. The fourth-order valence-electron chi connectivity index (χ4n) is 2.42. The number of benzene rings is 1. The first-order chi connectivity index (χ1) is 10.8. The number of sulfonamides is 2. The number of ether oxygens (including phenoxy) is 1. The van der Waals surface area contributed by atoms with Crippen molar-refractivity contribution >= 4 is 20.0 Å². The minimum absolute atomic E-state index is 0.0652. The van der Waals surface area contributed by atoms with Crippen molar-refractivity contribution in [2.24, 2.45) is 0 Å². The average Bonchev–Trinajstić information content (AvgIpc) is 2.54. The van der Waals surface area contributed by atoms with Gasteiger partial charge in [0.1, 0.15) is 0 Å². The van der Waals surface area contributed by atoms with E-state index in [4.69, 9.17) is 4.74 Å². The lowest BCUT2D eigenvalue weighted by molar-refractivity contribution is 0.213. The Balaban J connectivity index is 1.96. The van der Waals surface area contributed by atoms with Crippen LogP contribution in [0.4, 0.5) is 0 Å². The molecule has 1 saturated heterocycles. The normalized spacial score (nSPS) is 18.1. The van der Waals surface area contributed by atoms with E-state index < -0.39 is 20.0 Å². The first kappa shape index (κ1) is 18.3. The van der Waals surface area contributed by atoms with Crippen LogP contribution in [0.3, 0.4) is 0 Å². The van der Waals surface area contributed by atoms with E-state index >= 15 is 0 Å². The largest absolute Gasteiger partial charge is 0.384 e. The molecule has 0 unspecified atom stereocenters. The summed E-state index contributed by atoms with van der Waals surface area (Å²) in [4.78, 5) is 0. The van der Waals surface area contributed by atoms with E-state index in [1.165, 1.54) is 15.7 Å². The molecule has 0 radical (unpaired) electrons. The Hall–Kier alpha value is -1.00. The highest BCUT2D eigenvalue weighted by Gasteiger charge is 2.31. The molecular formula is C14H22N2O5S2. The molecule has 7 nitrogen and oxygen atoms in total. The molecule has 0 N–H and O–H groups in total. The van der Waals surface area contributed by atoms with Crippen molar-refractivity contribution < 1.29 is 21.6 Å². The Morgan fingerprint density at radius 3 is 1.96 bits per heavy atom. The Morgan fingerprint density at radius 1 is 0.913 bits per heavy atom. The van der Waals surface area contributed by atoms with Gasteiger partial charge in [0.25, 0.3) is 0 Å². The molecule has 1 aromatic carbocycles. The second-order valence-electron chi connectivity index (χ2n) is 5.35. The van der Waals surface area contributed by atoms with Crippen LogP contribution in [-0.2, 0) is 30.5 Å². The van der Waals surface area contributed by atoms with Gasteiger partial charge in [0.2, 0.25) is 20.0 Å². The van der Waals surface area contributed by atoms with Crippen LogP contribution in [0.2, 0.25) is 0 Å². The summed E-state index contributed by atoms with van der Waals surface area (Å²) in [7, 11) is -5.37. The van der Waals surface area contributed by atoms with E-state index in [0.29, 0.717) is 0 Å². The Kier molecular flexibility index (Phi) is 6.15. The molecule has 0 saturated carbocycles. The van der Waals surface area contributed by atoms with Gasteiger partial charge in [-0.15, -0.1) is 0 Å². The predicted octanol–water partition coefficient (Wildman–Crippen LogP) is 0.110. The lowest BCUT2D eigenvalue weighted by atomic mass is 10.2. The minimum atomic E-state index is -3.44.